The molecule has 0 bridgehead atoms. The summed E-state index contributed by atoms with van der Waals surface area (Å²) in [6.07, 6.45) is -1.83. The van der Waals surface area contributed by atoms with Crippen LogP contribution in [0.15, 0.2) is 30.3 Å². The molecule has 0 saturated carbocycles. The third-order valence-corrected chi connectivity index (χ3v) is 5.84. The predicted molar refractivity (Wildman–Crippen MR) is 88.9 cm³/mol. The Hall–Kier alpha value is -1.65. The third-order valence-electron chi connectivity index (χ3n) is 4.54. The molecule has 1 aromatic rings. The van der Waals surface area contributed by atoms with Crippen LogP contribution in [0.2, 0.25) is 0 Å². The number of carboxylic acid groups (broad SMARTS) is 1. The molecule has 0 radical (unpaired) electrons. The average Bonchev–Trinajstić information content (AvgIpc) is 3.10. The number of nitrogens with zero attached hydrogens (tertiary/aromatic N) is 2. The first-order valence-electron chi connectivity index (χ1n) is 8.05. The van der Waals surface area contributed by atoms with Gasteiger partial charge in [0, 0.05) is 31.7 Å². The van der Waals surface area contributed by atoms with E-state index in [4.69, 9.17) is 9.90 Å². The molecular formula is C16H21F3N2O4S. The number of benzene rings is 1. The molecule has 0 aromatic heterocycles. The Balaban J connectivity index is 0.000000298. The first-order valence-corrected chi connectivity index (χ1v) is 9.90. The predicted octanol–water partition coefficient (Wildman–Crippen LogP) is 1.93. The molecular weight excluding hydrogens is 373 g/mol. The molecule has 0 aliphatic carbocycles. The number of aliphatic carboxylic acids is 1. The van der Waals surface area contributed by atoms with Crippen LogP contribution < -0.4 is 0 Å². The van der Waals surface area contributed by atoms with E-state index >= 15 is 0 Å². The van der Waals surface area contributed by atoms with E-state index in [0.717, 1.165) is 25.9 Å². The topological polar surface area (TPSA) is 77.9 Å². The standard InChI is InChI=1S/C14H20N2O2S.C2HF3O2/c1-19(17,18)16-10-8-13-14(16)7-9-15(13)11-12-5-3-2-4-6-12;3-2(4,5)1(6)7/h2-6,13-14H,7-11H2,1H3;(H,6,7)/t13-,14+;/m1./s1. The quantitative estimate of drug-likeness (QED) is 0.848. The molecule has 2 aliphatic heterocycles. The number of rotatable bonds is 3. The number of halogens is 3. The van der Waals surface area contributed by atoms with Gasteiger partial charge < -0.3 is 5.11 Å². The summed E-state index contributed by atoms with van der Waals surface area (Å²) in [4.78, 5) is 11.3. The summed E-state index contributed by atoms with van der Waals surface area (Å²) in [5.41, 5.74) is 1.31. The van der Waals surface area contributed by atoms with Crippen LogP contribution in [-0.2, 0) is 21.4 Å². The number of likely N-dealkylation sites (tertiary alicyclic amines) is 1. The summed E-state index contributed by atoms with van der Waals surface area (Å²) in [7, 11) is -3.05. The average molecular weight is 394 g/mol. The van der Waals surface area contributed by atoms with E-state index in [2.05, 4.69) is 29.2 Å². The molecule has 1 N–H and O–H groups in total. The molecule has 2 saturated heterocycles. The lowest BCUT2D eigenvalue weighted by Gasteiger charge is -2.24. The second-order valence-electron chi connectivity index (χ2n) is 6.34. The number of carbonyl (C=O) groups is 1. The van der Waals surface area contributed by atoms with Gasteiger partial charge in [0.05, 0.1) is 6.26 Å². The monoisotopic (exact) mass is 394 g/mol. The van der Waals surface area contributed by atoms with Crippen LogP contribution in [0.3, 0.4) is 0 Å². The summed E-state index contributed by atoms with van der Waals surface area (Å²) >= 11 is 0. The first-order chi connectivity index (χ1) is 12.0. The van der Waals surface area contributed by atoms with E-state index in [1.54, 1.807) is 4.31 Å². The molecule has 2 aliphatic rings. The maximum atomic E-state index is 11.7. The number of hydrogen-bond donors (Lipinski definition) is 1. The summed E-state index contributed by atoms with van der Waals surface area (Å²) in [5.74, 6) is -2.76. The van der Waals surface area contributed by atoms with Gasteiger partial charge >= 0.3 is 12.1 Å². The molecule has 10 heteroatoms. The Morgan fingerprint density at radius 2 is 1.69 bits per heavy atom. The van der Waals surface area contributed by atoms with Gasteiger partial charge in [-0.15, -0.1) is 0 Å². The van der Waals surface area contributed by atoms with Crippen molar-refractivity contribution in [3.05, 3.63) is 35.9 Å². The zero-order valence-corrected chi connectivity index (χ0v) is 15.0. The number of sulfonamides is 1. The van der Waals surface area contributed by atoms with Crippen molar-refractivity contribution < 1.29 is 31.5 Å². The number of hydrogen-bond acceptors (Lipinski definition) is 4. The summed E-state index contributed by atoms with van der Waals surface area (Å²) < 4.78 is 56.9. The van der Waals surface area contributed by atoms with Crippen molar-refractivity contribution in [3.63, 3.8) is 0 Å². The third kappa shape index (κ3) is 5.18. The van der Waals surface area contributed by atoms with E-state index in [9.17, 15) is 21.6 Å². The summed E-state index contributed by atoms with van der Waals surface area (Å²) in [6.45, 7) is 2.61. The fraction of sp³-hybridized carbons (Fsp3) is 0.562. The molecule has 2 heterocycles. The van der Waals surface area contributed by atoms with Gasteiger partial charge in [-0.3, -0.25) is 4.90 Å². The maximum Gasteiger partial charge on any atom is 0.490 e. The summed E-state index contributed by atoms with van der Waals surface area (Å²) in [5, 5.41) is 7.12. The molecule has 6 nitrogen and oxygen atoms in total. The van der Waals surface area contributed by atoms with Crippen molar-refractivity contribution in [3.8, 4) is 0 Å². The van der Waals surface area contributed by atoms with Crippen LogP contribution in [0.1, 0.15) is 18.4 Å². The van der Waals surface area contributed by atoms with Gasteiger partial charge in [0.1, 0.15) is 0 Å². The van der Waals surface area contributed by atoms with Crippen LogP contribution >= 0.6 is 0 Å². The van der Waals surface area contributed by atoms with Gasteiger partial charge in [0.25, 0.3) is 0 Å². The Kier molecular flexibility index (Phi) is 6.30. The van der Waals surface area contributed by atoms with Crippen molar-refractivity contribution in [1.82, 2.24) is 9.21 Å². The fourth-order valence-corrected chi connectivity index (χ4v) is 4.64. The zero-order chi connectivity index (χ0) is 19.5. The fourth-order valence-electron chi connectivity index (χ4n) is 3.46. The minimum absolute atomic E-state index is 0.193. The minimum atomic E-state index is -5.08. The smallest absolute Gasteiger partial charge is 0.475 e. The van der Waals surface area contributed by atoms with E-state index in [1.165, 1.54) is 11.8 Å². The SMILES string of the molecule is CS(=O)(=O)N1CC[C@@H]2[C@@H]1CCN2Cc1ccccc1.O=C(O)C(F)(F)F. The lowest BCUT2D eigenvalue weighted by Crippen LogP contribution is -2.38. The molecule has 0 spiro atoms. The Morgan fingerprint density at radius 3 is 2.19 bits per heavy atom. The van der Waals surface area contributed by atoms with Crippen LogP contribution in [0.5, 0.6) is 0 Å². The number of alkyl halides is 3. The molecule has 3 rings (SSSR count). The van der Waals surface area contributed by atoms with Crippen LogP contribution in [0.25, 0.3) is 0 Å². The van der Waals surface area contributed by atoms with Gasteiger partial charge in [-0.2, -0.15) is 17.5 Å². The minimum Gasteiger partial charge on any atom is -0.475 e. The molecule has 0 amide bonds. The molecule has 2 fully saturated rings. The van der Waals surface area contributed by atoms with Gasteiger partial charge in [-0.25, -0.2) is 13.2 Å². The van der Waals surface area contributed by atoms with Crippen molar-refractivity contribution in [2.75, 3.05) is 19.3 Å². The van der Waals surface area contributed by atoms with Gasteiger partial charge in [0.15, 0.2) is 0 Å². The highest BCUT2D eigenvalue weighted by atomic mass is 32.2. The van der Waals surface area contributed by atoms with E-state index < -0.39 is 22.2 Å². The van der Waals surface area contributed by atoms with Gasteiger partial charge in [0.2, 0.25) is 10.0 Å². The van der Waals surface area contributed by atoms with Crippen molar-refractivity contribution in [2.24, 2.45) is 0 Å². The van der Waals surface area contributed by atoms with Gasteiger partial charge in [-0.05, 0) is 18.4 Å². The number of carboxylic acids is 1. The first kappa shape index (κ1) is 20.7. The van der Waals surface area contributed by atoms with E-state index in [1.807, 2.05) is 6.07 Å². The lowest BCUT2D eigenvalue weighted by atomic mass is 10.1. The maximum absolute atomic E-state index is 11.7. The Labute approximate surface area is 150 Å². The Bertz CT molecular complexity index is 725. The van der Waals surface area contributed by atoms with Crippen LogP contribution in [0, 0.1) is 0 Å². The largest absolute Gasteiger partial charge is 0.490 e. The number of fused-ring (bicyclic) bond motifs is 1. The van der Waals surface area contributed by atoms with Gasteiger partial charge in [-0.1, -0.05) is 30.3 Å². The van der Waals surface area contributed by atoms with Crippen molar-refractivity contribution in [2.45, 2.75) is 37.6 Å². The lowest BCUT2D eigenvalue weighted by molar-refractivity contribution is -0.192. The molecule has 0 unspecified atom stereocenters. The van der Waals surface area contributed by atoms with Crippen molar-refractivity contribution >= 4 is 16.0 Å². The second kappa shape index (κ2) is 7.93. The van der Waals surface area contributed by atoms with Crippen LogP contribution in [0.4, 0.5) is 13.2 Å². The molecule has 1 aromatic carbocycles. The highest BCUT2D eigenvalue weighted by Crippen LogP contribution is 2.33. The molecule has 26 heavy (non-hydrogen) atoms. The van der Waals surface area contributed by atoms with E-state index in [0.29, 0.717) is 12.6 Å². The van der Waals surface area contributed by atoms with E-state index in [-0.39, 0.29) is 6.04 Å². The molecule has 2 atom stereocenters. The molecule has 146 valence electrons. The second-order valence-corrected chi connectivity index (χ2v) is 8.28. The highest BCUT2D eigenvalue weighted by Gasteiger charge is 2.45. The van der Waals surface area contributed by atoms with Crippen molar-refractivity contribution in [1.29, 1.82) is 0 Å². The Morgan fingerprint density at radius 1 is 1.15 bits per heavy atom. The summed E-state index contributed by atoms with van der Waals surface area (Å²) in [6, 6.07) is 11.0. The van der Waals surface area contributed by atoms with Crippen LogP contribution in [-0.4, -0.2) is 66.3 Å². The zero-order valence-electron chi connectivity index (χ0n) is 14.2. The highest BCUT2D eigenvalue weighted by molar-refractivity contribution is 7.88. The normalized spacial score (nSPS) is 24.0.